The van der Waals surface area contributed by atoms with E-state index in [9.17, 15) is 4.79 Å². The molecule has 0 unspecified atom stereocenters. The molecule has 27 heavy (non-hydrogen) atoms. The van der Waals surface area contributed by atoms with Gasteiger partial charge in [-0.25, -0.2) is 0 Å². The number of nitrogens with one attached hydrogen (secondary N) is 1. The number of fused-ring (bicyclic) bond motifs is 1. The summed E-state index contributed by atoms with van der Waals surface area (Å²) in [6.45, 7) is 5.13. The first kappa shape index (κ1) is 17.4. The number of aromatic amines is 1. The van der Waals surface area contributed by atoms with Crippen molar-refractivity contribution in [3.8, 4) is 0 Å². The highest BCUT2D eigenvalue weighted by Crippen LogP contribution is 2.28. The van der Waals surface area contributed by atoms with Crippen molar-refractivity contribution in [2.75, 3.05) is 32.1 Å². The fourth-order valence-corrected chi connectivity index (χ4v) is 3.65. The summed E-state index contributed by atoms with van der Waals surface area (Å²) in [5, 5.41) is 20.3. The monoisotopic (exact) mass is 368 g/mol. The van der Waals surface area contributed by atoms with Crippen LogP contribution in [-0.2, 0) is 0 Å². The highest BCUT2D eigenvalue weighted by molar-refractivity contribution is 5.96. The fraction of sp³-hybridized carbons (Fsp3) is 0.500. The number of hydrogen-bond acceptors (Lipinski definition) is 6. The van der Waals surface area contributed by atoms with Crippen molar-refractivity contribution >= 4 is 17.4 Å². The van der Waals surface area contributed by atoms with E-state index in [0.717, 1.165) is 41.5 Å². The number of H-pyrrole nitrogens is 1. The number of amides is 1. The molecule has 1 fully saturated rings. The van der Waals surface area contributed by atoms with Gasteiger partial charge in [0.05, 0.1) is 11.3 Å². The van der Waals surface area contributed by atoms with Gasteiger partial charge in [0.1, 0.15) is 5.82 Å². The molecule has 3 aromatic heterocycles. The third-order valence-corrected chi connectivity index (χ3v) is 5.22. The van der Waals surface area contributed by atoms with E-state index < -0.39 is 0 Å². The third-order valence-electron chi connectivity index (χ3n) is 5.22. The Morgan fingerprint density at radius 1 is 1.19 bits per heavy atom. The van der Waals surface area contributed by atoms with Crippen molar-refractivity contribution in [2.24, 2.45) is 0 Å². The van der Waals surface area contributed by atoms with Gasteiger partial charge in [0.2, 0.25) is 0 Å². The Morgan fingerprint density at radius 2 is 1.93 bits per heavy atom. The number of likely N-dealkylation sites (tertiary alicyclic amines) is 1. The quantitative estimate of drug-likeness (QED) is 0.754. The lowest BCUT2D eigenvalue weighted by Gasteiger charge is -2.31. The van der Waals surface area contributed by atoms with E-state index in [1.807, 2.05) is 54.4 Å². The molecule has 9 nitrogen and oxygen atoms in total. The summed E-state index contributed by atoms with van der Waals surface area (Å²) in [5.74, 6) is 2.02. The van der Waals surface area contributed by atoms with Crippen molar-refractivity contribution in [1.29, 1.82) is 0 Å². The maximum atomic E-state index is 12.8. The number of carbonyl (C=O) groups is 1. The van der Waals surface area contributed by atoms with Crippen LogP contribution in [0.5, 0.6) is 0 Å². The number of piperidine rings is 1. The highest BCUT2D eigenvalue weighted by atomic mass is 16.2. The first-order valence-electron chi connectivity index (χ1n) is 9.16. The molecule has 1 aliphatic rings. The highest BCUT2D eigenvalue weighted by Gasteiger charge is 2.29. The van der Waals surface area contributed by atoms with E-state index in [2.05, 4.69) is 25.5 Å². The van der Waals surface area contributed by atoms with Crippen LogP contribution in [0.4, 0.5) is 5.82 Å². The molecule has 1 aliphatic heterocycles. The number of anilines is 1. The summed E-state index contributed by atoms with van der Waals surface area (Å²) in [6, 6.07) is 3.87. The Bertz CT molecular complexity index is 961. The van der Waals surface area contributed by atoms with Crippen LogP contribution < -0.4 is 4.90 Å². The Labute approximate surface area is 157 Å². The normalized spacial score (nSPS) is 15.5. The predicted octanol–water partition coefficient (Wildman–Crippen LogP) is 1.55. The first-order chi connectivity index (χ1) is 13.0. The van der Waals surface area contributed by atoms with Gasteiger partial charge in [-0.15, -0.1) is 15.3 Å². The molecule has 0 spiro atoms. The van der Waals surface area contributed by atoms with Gasteiger partial charge in [-0.2, -0.15) is 9.61 Å². The van der Waals surface area contributed by atoms with E-state index in [-0.39, 0.29) is 11.8 Å². The molecular weight excluding hydrogens is 344 g/mol. The van der Waals surface area contributed by atoms with Gasteiger partial charge in [0, 0.05) is 38.8 Å². The summed E-state index contributed by atoms with van der Waals surface area (Å²) in [5.41, 5.74) is 3.02. The molecule has 0 bridgehead atoms. The molecule has 0 saturated carbocycles. The van der Waals surface area contributed by atoms with Gasteiger partial charge < -0.3 is 9.80 Å². The minimum absolute atomic E-state index is 0.0521. The molecule has 0 radical (unpaired) electrons. The summed E-state index contributed by atoms with van der Waals surface area (Å²) in [4.78, 5) is 16.7. The van der Waals surface area contributed by atoms with Gasteiger partial charge in [0.15, 0.2) is 11.5 Å². The standard InChI is InChI=1S/C18H24N8O/c1-11-16(12(2)20-19-11)18(27)25-9-7-13(8-10-25)17-22-21-14-5-6-15(24(3)4)23-26(14)17/h5-6,13H,7-10H2,1-4H3,(H,19,20). The van der Waals surface area contributed by atoms with Gasteiger partial charge in [-0.05, 0) is 38.8 Å². The minimum atomic E-state index is 0.0521. The summed E-state index contributed by atoms with van der Waals surface area (Å²) in [6.07, 6.45) is 1.69. The van der Waals surface area contributed by atoms with Crippen LogP contribution in [0.25, 0.3) is 5.65 Å². The van der Waals surface area contributed by atoms with Gasteiger partial charge >= 0.3 is 0 Å². The van der Waals surface area contributed by atoms with Crippen molar-refractivity contribution < 1.29 is 4.79 Å². The average molecular weight is 368 g/mol. The maximum Gasteiger partial charge on any atom is 0.257 e. The number of nitrogens with zero attached hydrogens (tertiary/aromatic N) is 7. The van der Waals surface area contributed by atoms with Crippen LogP contribution in [0.3, 0.4) is 0 Å². The molecule has 4 heterocycles. The lowest BCUT2D eigenvalue weighted by molar-refractivity contribution is 0.0709. The summed E-state index contributed by atoms with van der Waals surface area (Å²) in [7, 11) is 3.92. The molecule has 142 valence electrons. The smallest absolute Gasteiger partial charge is 0.257 e. The Kier molecular flexibility index (Phi) is 4.29. The van der Waals surface area contributed by atoms with Crippen molar-refractivity contribution in [1.82, 2.24) is 34.9 Å². The number of carbonyl (C=O) groups excluding carboxylic acids is 1. The zero-order chi connectivity index (χ0) is 19.1. The SMILES string of the molecule is Cc1n[nH]c(C)c1C(=O)N1CCC(c2nnc3ccc(N(C)C)nn23)CC1. The third kappa shape index (κ3) is 3.02. The summed E-state index contributed by atoms with van der Waals surface area (Å²) >= 11 is 0. The Hall–Kier alpha value is -2.97. The van der Waals surface area contributed by atoms with Gasteiger partial charge in [0.25, 0.3) is 5.91 Å². The van der Waals surface area contributed by atoms with Crippen LogP contribution in [0, 0.1) is 13.8 Å². The van der Waals surface area contributed by atoms with E-state index >= 15 is 0 Å². The second-order valence-electron chi connectivity index (χ2n) is 7.29. The molecule has 1 saturated heterocycles. The zero-order valence-electron chi connectivity index (χ0n) is 16.1. The lowest BCUT2D eigenvalue weighted by atomic mass is 9.95. The number of hydrogen-bond donors (Lipinski definition) is 1. The molecular formula is C18H24N8O. The van der Waals surface area contributed by atoms with Crippen molar-refractivity contribution in [3.05, 3.63) is 34.9 Å². The van der Waals surface area contributed by atoms with Crippen LogP contribution >= 0.6 is 0 Å². The molecule has 0 atom stereocenters. The van der Waals surface area contributed by atoms with Gasteiger partial charge in [-0.1, -0.05) is 0 Å². The topological polar surface area (TPSA) is 95.3 Å². The molecule has 9 heteroatoms. The second kappa shape index (κ2) is 6.64. The molecule has 1 amide bonds. The Balaban J connectivity index is 1.52. The van der Waals surface area contributed by atoms with Crippen LogP contribution in [-0.4, -0.2) is 68.0 Å². The number of aromatic nitrogens is 6. The zero-order valence-corrected chi connectivity index (χ0v) is 16.1. The van der Waals surface area contributed by atoms with Crippen LogP contribution in [0.2, 0.25) is 0 Å². The maximum absolute atomic E-state index is 12.8. The van der Waals surface area contributed by atoms with Crippen molar-refractivity contribution in [2.45, 2.75) is 32.6 Å². The van der Waals surface area contributed by atoms with Crippen LogP contribution in [0.1, 0.15) is 46.3 Å². The minimum Gasteiger partial charge on any atom is -0.361 e. The lowest BCUT2D eigenvalue weighted by Crippen LogP contribution is -2.38. The van der Waals surface area contributed by atoms with E-state index in [4.69, 9.17) is 0 Å². The average Bonchev–Trinajstić information content (AvgIpc) is 3.24. The van der Waals surface area contributed by atoms with Crippen molar-refractivity contribution in [3.63, 3.8) is 0 Å². The van der Waals surface area contributed by atoms with E-state index in [1.165, 1.54) is 0 Å². The molecule has 1 N–H and O–H groups in total. The Morgan fingerprint density at radius 3 is 2.56 bits per heavy atom. The molecule has 4 rings (SSSR count). The van der Waals surface area contributed by atoms with E-state index in [1.54, 1.807) is 0 Å². The predicted molar refractivity (Wildman–Crippen MR) is 101 cm³/mol. The van der Waals surface area contributed by atoms with Gasteiger partial charge in [-0.3, -0.25) is 9.89 Å². The first-order valence-corrected chi connectivity index (χ1v) is 9.16. The second-order valence-corrected chi connectivity index (χ2v) is 7.29. The van der Waals surface area contributed by atoms with Crippen LogP contribution in [0.15, 0.2) is 12.1 Å². The van der Waals surface area contributed by atoms with E-state index in [0.29, 0.717) is 18.7 Å². The largest absolute Gasteiger partial charge is 0.361 e. The number of rotatable bonds is 3. The summed E-state index contributed by atoms with van der Waals surface area (Å²) < 4.78 is 1.84. The fourth-order valence-electron chi connectivity index (χ4n) is 3.65. The molecule has 0 aromatic carbocycles. The molecule has 3 aromatic rings. The number of aryl methyl sites for hydroxylation is 2. The molecule has 0 aliphatic carbocycles.